The molecule has 0 aliphatic rings. The second kappa shape index (κ2) is 6.55. The molecule has 4 heteroatoms. The van der Waals surface area contributed by atoms with Gasteiger partial charge in [-0.15, -0.1) is 0 Å². The van der Waals surface area contributed by atoms with Gasteiger partial charge >= 0.3 is 0 Å². The zero-order chi connectivity index (χ0) is 14.5. The van der Waals surface area contributed by atoms with Crippen LogP contribution < -0.4 is 0 Å². The topological polar surface area (TPSA) is 49.0 Å². The molecule has 1 heterocycles. The van der Waals surface area contributed by atoms with Gasteiger partial charge in [0.05, 0.1) is 17.5 Å². The van der Waals surface area contributed by atoms with Gasteiger partial charge in [-0.3, -0.25) is 4.79 Å². The molecule has 2 aromatic rings. The van der Waals surface area contributed by atoms with Gasteiger partial charge in [0.15, 0.2) is 0 Å². The second-order valence-electron chi connectivity index (χ2n) is 5.23. The quantitative estimate of drug-likeness (QED) is 0.879. The molecule has 0 bridgehead atoms. The molecule has 0 fully saturated rings. The van der Waals surface area contributed by atoms with Crippen molar-refractivity contribution in [2.45, 2.75) is 39.5 Å². The number of carbonyl (C=O) groups excluding carboxylic acids is 1. The van der Waals surface area contributed by atoms with Crippen LogP contribution in [0.5, 0.6) is 0 Å². The molecule has 20 heavy (non-hydrogen) atoms. The summed E-state index contributed by atoms with van der Waals surface area (Å²) in [6.07, 6.45) is 3.51. The Morgan fingerprint density at radius 2 is 2.15 bits per heavy atom. The first-order valence-electron chi connectivity index (χ1n) is 7.35. The lowest BCUT2D eigenvalue weighted by molar-refractivity contribution is -0.129. The van der Waals surface area contributed by atoms with E-state index in [9.17, 15) is 4.79 Å². The molecule has 1 N–H and O–H groups in total. The average molecular weight is 273 g/mol. The molecule has 1 amide bonds. The van der Waals surface area contributed by atoms with E-state index < -0.39 is 0 Å². The van der Waals surface area contributed by atoms with Crippen molar-refractivity contribution in [2.24, 2.45) is 0 Å². The van der Waals surface area contributed by atoms with Crippen molar-refractivity contribution in [2.75, 3.05) is 13.6 Å². The minimum Gasteiger partial charge on any atom is -0.345 e. The molecule has 0 radical (unpaired) electrons. The van der Waals surface area contributed by atoms with Crippen molar-refractivity contribution in [3.63, 3.8) is 0 Å². The number of nitrogens with zero attached hydrogens (tertiary/aromatic N) is 2. The van der Waals surface area contributed by atoms with Gasteiger partial charge in [-0.25, -0.2) is 4.98 Å². The second-order valence-corrected chi connectivity index (χ2v) is 5.23. The highest BCUT2D eigenvalue weighted by molar-refractivity contribution is 5.81. The van der Waals surface area contributed by atoms with Crippen LogP contribution in [0.15, 0.2) is 18.2 Å². The maximum Gasteiger partial charge on any atom is 0.226 e. The molecule has 0 saturated carbocycles. The number of benzene rings is 1. The van der Waals surface area contributed by atoms with Crippen LogP contribution in [0.25, 0.3) is 11.0 Å². The minimum atomic E-state index is 0.174. The highest BCUT2D eigenvalue weighted by Crippen LogP contribution is 2.15. The van der Waals surface area contributed by atoms with Gasteiger partial charge in [-0.2, -0.15) is 0 Å². The van der Waals surface area contributed by atoms with Gasteiger partial charge < -0.3 is 9.88 Å². The summed E-state index contributed by atoms with van der Waals surface area (Å²) >= 11 is 0. The first-order chi connectivity index (χ1) is 9.63. The highest BCUT2D eigenvalue weighted by Gasteiger charge is 2.10. The number of hydrogen-bond donors (Lipinski definition) is 1. The number of fused-ring (bicyclic) bond motifs is 1. The molecule has 0 spiro atoms. The van der Waals surface area contributed by atoms with Gasteiger partial charge in [0, 0.05) is 20.0 Å². The summed E-state index contributed by atoms with van der Waals surface area (Å²) in [6.45, 7) is 5.04. The molecule has 0 saturated heterocycles. The van der Waals surface area contributed by atoms with E-state index in [1.807, 2.05) is 30.1 Å². The first kappa shape index (κ1) is 14.6. The Kier molecular flexibility index (Phi) is 4.77. The Morgan fingerprint density at radius 1 is 1.35 bits per heavy atom. The van der Waals surface area contributed by atoms with Crippen LogP contribution in [0.2, 0.25) is 0 Å². The lowest BCUT2D eigenvalue weighted by Gasteiger charge is -2.16. The van der Waals surface area contributed by atoms with E-state index in [1.165, 1.54) is 0 Å². The third kappa shape index (κ3) is 3.38. The molecule has 4 nitrogen and oxygen atoms in total. The molecule has 1 aromatic heterocycles. The van der Waals surface area contributed by atoms with Crippen molar-refractivity contribution in [3.8, 4) is 0 Å². The average Bonchev–Trinajstić information content (AvgIpc) is 2.86. The number of nitrogens with one attached hydrogen (secondary N) is 1. The number of H-pyrrole nitrogens is 1. The Balaban J connectivity index is 2.07. The predicted octanol–water partition coefficient (Wildman–Crippen LogP) is 2.93. The van der Waals surface area contributed by atoms with Crippen LogP contribution in [-0.2, 0) is 17.6 Å². The normalized spacial score (nSPS) is 10.9. The third-order valence-corrected chi connectivity index (χ3v) is 3.56. The van der Waals surface area contributed by atoms with Gasteiger partial charge in [-0.05, 0) is 24.1 Å². The van der Waals surface area contributed by atoms with Gasteiger partial charge in [0.1, 0.15) is 5.82 Å². The van der Waals surface area contributed by atoms with Crippen LogP contribution in [0.3, 0.4) is 0 Å². The number of aryl methyl sites for hydroxylation is 1. The fourth-order valence-corrected chi connectivity index (χ4v) is 2.22. The van der Waals surface area contributed by atoms with Crippen molar-refractivity contribution in [1.82, 2.24) is 14.9 Å². The van der Waals surface area contributed by atoms with E-state index >= 15 is 0 Å². The summed E-state index contributed by atoms with van der Waals surface area (Å²) in [5, 5.41) is 0. The van der Waals surface area contributed by atoms with Crippen molar-refractivity contribution < 1.29 is 4.79 Å². The Morgan fingerprint density at radius 3 is 2.85 bits per heavy atom. The van der Waals surface area contributed by atoms with E-state index in [2.05, 4.69) is 23.8 Å². The number of likely N-dealkylation sites (N-methyl/N-ethyl adjacent to an activating group) is 1. The van der Waals surface area contributed by atoms with E-state index in [0.717, 1.165) is 48.2 Å². The zero-order valence-electron chi connectivity index (χ0n) is 12.6. The fourth-order valence-electron chi connectivity index (χ4n) is 2.22. The Labute approximate surface area is 120 Å². The van der Waals surface area contributed by atoms with Crippen molar-refractivity contribution >= 4 is 16.9 Å². The van der Waals surface area contributed by atoms with Crippen LogP contribution in [0, 0.1) is 0 Å². The molecule has 2 rings (SSSR count). The lowest BCUT2D eigenvalue weighted by atomic mass is 10.1. The summed E-state index contributed by atoms with van der Waals surface area (Å²) in [4.78, 5) is 21.7. The van der Waals surface area contributed by atoms with Crippen LogP contribution in [0.1, 0.15) is 38.1 Å². The molecular formula is C16H23N3O. The molecule has 0 atom stereocenters. The van der Waals surface area contributed by atoms with E-state index in [-0.39, 0.29) is 5.91 Å². The summed E-state index contributed by atoms with van der Waals surface area (Å²) in [6, 6.07) is 6.01. The van der Waals surface area contributed by atoms with Gasteiger partial charge in [0.2, 0.25) is 5.91 Å². The number of carbonyl (C=O) groups is 1. The zero-order valence-corrected chi connectivity index (χ0v) is 12.6. The molecule has 0 aliphatic heterocycles. The summed E-state index contributed by atoms with van der Waals surface area (Å²) < 4.78 is 0. The molecule has 0 aliphatic carbocycles. The molecular weight excluding hydrogens is 250 g/mol. The Hall–Kier alpha value is -1.84. The molecule has 1 aromatic carbocycles. The maximum absolute atomic E-state index is 12.1. The molecule has 0 unspecified atom stereocenters. The predicted molar refractivity (Wildman–Crippen MR) is 81.7 cm³/mol. The SMILES string of the molecule is CCCCN(C)C(=O)Cc1ccc2nc(CC)[nH]c2c1. The Bertz CT molecular complexity index is 588. The number of aromatic nitrogens is 2. The highest BCUT2D eigenvalue weighted by atomic mass is 16.2. The summed E-state index contributed by atoms with van der Waals surface area (Å²) in [7, 11) is 1.88. The van der Waals surface area contributed by atoms with Gasteiger partial charge in [-0.1, -0.05) is 26.3 Å². The third-order valence-electron chi connectivity index (χ3n) is 3.56. The van der Waals surface area contributed by atoms with Crippen LogP contribution >= 0.6 is 0 Å². The smallest absolute Gasteiger partial charge is 0.226 e. The standard InChI is InChI=1S/C16H23N3O/c1-4-6-9-19(3)16(20)11-12-7-8-13-14(10-12)18-15(5-2)17-13/h7-8,10H,4-6,9,11H2,1-3H3,(H,17,18). The van der Waals surface area contributed by atoms with Crippen molar-refractivity contribution in [1.29, 1.82) is 0 Å². The maximum atomic E-state index is 12.1. The first-order valence-corrected chi connectivity index (χ1v) is 7.35. The van der Waals surface area contributed by atoms with E-state index in [1.54, 1.807) is 0 Å². The number of aromatic amines is 1. The van der Waals surface area contributed by atoms with E-state index in [4.69, 9.17) is 0 Å². The van der Waals surface area contributed by atoms with Gasteiger partial charge in [0.25, 0.3) is 0 Å². The number of hydrogen-bond acceptors (Lipinski definition) is 2. The van der Waals surface area contributed by atoms with Crippen LogP contribution in [0.4, 0.5) is 0 Å². The number of unbranched alkanes of at least 4 members (excludes halogenated alkanes) is 1. The number of rotatable bonds is 6. The summed E-state index contributed by atoms with van der Waals surface area (Å²) in [5.41, 5.74) is 3.03. The van der Waals surface area contributed by atoms with E-state index in [0.29, 0.717) is 6.42 Å². The lowest BCUT2D eigenvalue weighted by Crippen LogP contribution is -2.29. The monoisotopic (exact) mass is 273 g/mol. The largest absolute Gasteiger partial charge is 0.345 e. The summed E-state index contributed by atoms with van der Waals surface area (Å²) in [5.74, 6) is 1.16. The minimum absolute atomic E-state index is 0.174. The number of amides is 1. The number of imidazole rings is 1. The van der Waals surface area contributed by atoms with Crippen molar-refractivity contribution in [3.05, 3.63) is 29.6 Å². The fraction of sp³-hybridized carbons (Fsp3) is 0.500. The molecule has 108 valence electrons. The van der Waals surface area contributed by atoms with Crippen LogP contribution in [-0.4, -0.2) is 34.4 Å².